The van der Waals surface area contributed by atoms with E-state index in [2.05, 4.69) is 47.3 Å². The Hall–Kier alpha value is -3.89. The number of piperazine rings is 1. The summed E-state index contributed by atoms with van der Waals surface area (Å²) in [6.45, 7) is 11.0. The second-order valence-electron chi connectivity index (χ2n) is 13.1. The van der Waals surface area contributed by atoms with Gasteiger partial charge in [0, 0.05) is 52.2 Å². The number of ether oxygens (including phenoxy) is 1. The minimum Gasteiger partial charge on any atom is -0.494 e. The van der Waals surface area contributed by atoms with E-state index in [-0.39, 0.29) is 29.2 Å². The van der Waals surface area contributed by atoms with Crippen LogP contribution < -0.4 is 15.4 Å². The summed E-state index contributed by atoms with van der Waals surface area (Å²) >= 11 is 0. The van der Waals surface area contributed by atoms with Crippen LogP contribution in [0.1, 0.15) is 65.6 Å². The Morgan fingerprint density at radius 1 is 0.977 bits per heavy atom. The molecule has 1 atom stereocenters. The number of fused-ring (bicyclic) bond motifs is 1. The fourth-order valence-electron chi connectivity index (χ4n) is 6.51. The molecule has 0 radical (unpaired) electrons. The molecule has 0 spiro atoms. The molecular formula is C34H46N6O4. The van der Waals surface area contributed by atoms with Crippen LogP contribution in [0.3, 0.4) is 0 Å². The first-order valence-electron chi connectivity index (χ1n) is 15.5. The van der Waals surface area contributed by atoms with E-state index in [1.165, 1.54) is 7.11 Å². The first-order chi connectivity index (χ1) is 20.9. The highest BCUT2D eigenvalue weighted by Gasteiger charge is 2.33. The highest BCUT2D eigenvalue weighted by Crippen LogP contribution is 2.36. The Bertz CT molecular complexity index is 1560. The number of benzene rings is 2. The van der Waals surface area contributed by atoms with Gasteiger partial charge in [0.1, 0.15) is 5.69 Å². The number of nitrogens with zero attached hydrogens (tertiary/aromatic N) is 4. The van der Waals surface area contributed by atoms with Gasteiger partial charge in [-0.05, 0) is 61.2 Å². The van der Waals surface area contributed by atoms with Crippen LogP contribution in [0.5, 0.6) is 5.75 Å². The van der Waals surface area contributed by atoms with E-state index in [4.69, 9.17) is 4.74 Å². The average molecular weight is 603 g/mol. The lowest BCUT2D eigenvalue weighted by Crippen LogP contribution is -2.52. The van der Waals surface area contributed by atoms with Gasteiger partial charge in [-0.3, -0.25) is 24.2 Å². The van der Waals surface area contributed by atoms with Gasteiger partial charge < -0.3 is 24.8 Å². The summed E-state index contributed by atoms with van der Waals surface area (Å²) < 4.78 is 7.58. The lowest BCUT2D eigenvalue weighted by atomic mass is 9.85. The van der Waals surface area contributed by atoms with Gasteiger partial charge in [-0.15, -0.1) is 0 Å². The molecule has 44 heavy (non-hydrogen) atoms. The molecule has 236 valence electrons. The van der Waals surface area contributed by atoms with Crippen molar-refractivity contribution in [2.45, 2.75) is 51.6 Å². The summed E-state index contributed by atoms with van der Waals surface area (Å²) in [6, 6.07) is 11.8. The molecule has 3 amide bonds. The molecule has 2 saturated heterocycles. The highest BCUT2D eigenvalue weighted by atomic mass is 16.5. The van der Waals surface area contributed by atoms with E-state index in [0.29, 0.717) is 22.7 Å². The number of rotatable bonds is 7. The lowest BCUT2D eigenvalue weighted by Gasteiger charge is -2.37. The first-order valence-corrected chi connectivity index (χ1v) is 15.5. The maximum absolute atomic E-state index is 13.8. The second kappa shape index (κ2) is 12.6. The van der Waals surface area contributed by atoms with Crippen LogP contribution in [0.2, 0.25) is 0 Å². The number of aryl methyl sites for hydroxylation is 1. The highest BCUT2D eigenvalue weighted by molar-refractivity contribution is 6.09. The van der Waals surface area contributed by atoms with E-state index in [1.54, 1.807) is 7.05 Å². The normalized spacial score (nSPS) is 18.1. The number of methoxy groups -OCH3 is 1. The minimum absolute atomic E-state index is 0.0227. The van der Waals surface area contributed by atoms with Crippen molar-refractivity contribution in [1.82, 2.24) is 24.6 Å². The zero-order valence-electron chi connectivity index (χ0n) is 27.1. The van der Waals surface area contributed by atoms with Crippen LogP contribution >= 0.6 is 0 Å². The van der Waals surface area contributed by atoms with Gasteiger partial charge in [-0.2, -0.15) is 0 Å². The van der Waals surface area contributed by atoms with Gasteiger partial charge in [-0.1, -0.05) is 39.0 Å². The smallest absolute Gasteiger partial charge is 0.272 e. The summed E-state index contributed by atoms with van der Waals surface area (Å²) in [5.74, 6) is 0.0129. The lowest BCUT2D eigenvalue weighted by molar-refractivity contribution is -0.137. The summed E-state index contributed by atoms with van der Waals surface area (Å²) in [7, 11) is 7.03. The van der Waals surface area contributed by atoms with Crippen LogP contribution in [0.4, 0.5) is 5.69 Å². The van der Waals surface area contributed by atoms with E-state index in [9.17, 15) is 14.4 Å². The zero-order chi connectivity index (χ0) is 31.8. The second-order valence-corrected chi connectivity index (χ2v) is 13.1. The number of carbonyl (C=O) groups is 3. The molecule has 10 nitrogen and oxygen atoms in total. The van der Waals surface area contributed by atoms with E-state index >= 15 is 0 Å². The first kappa shape index (κ1) is 31.5. The van der Waals surface area contributed by atoms with Crippen molar-refractivity contribution in [3.8, 4) is 5.75 Å². The molecule has 0 unspecified atom stereocenters. The van der Waals surface area contributed by atoms with Crippen molar-refractivity contribution < 1.29 is 19.1 Å². The monoisotopic (exact) mass is 602 g/mol. The zero-order valence-corrected chi connectivity index (χ0v) is 27.1. The van der Waals surface area contributed by atoms with Gasteiger partial charge in [0.25, 0.3) is 11.8 Å². The summed E-state index contributed by atoms with van der Waals surface area (Å²) in [5, 5.41) is 6.69. The number of amides is 3. The Labute approximate surface area is 260 Å². The van der Waals surface area contributed by atoms with E-state index in [1.807, 2.05) is 53.9 Å². The summed E-state index contributed by atoms with van der Waals surface area (Å²) in [5.41, 5.74) is 4.12. The largest absolute Gasteiger partial charge is 0.494 e. The van der Waals surface area contributed by atoms with Crippen molar-refractivity contribution in [1.29, 1.82) is 0 Å². The van der Waals surface area contributed by atoms with Crippen molar-refractivity contribution in [3.63, 3.8) is 0 Å². The fraction of sp³-hybridized carbons (Fsp3) is 0.500. The van der Waals surface area contributed by atoms with Crippen molar-refractivity contribution in [2.24, 2.45) is 7.05 Å². The van der Waals surface area contributed by atoms with E-state index in [0.717, 1.165) is 74.1 Å². The Kier molecular flexibility index (Phi) is 9.04. The number of nitrogens with one attached hydrogen (secondary N) is 2. The molecular weight excluding hydrogens is 556 g/mol. The predicted molar refractivity (Wildman–Crippen MR) is 173 cm³/mol. The number of para-hydroxylation sites is 1. The molecule has 3 aromatic rings. The third-order valence-electron chi connectivity index (χ3n) is 9.13. The number of hydrogen-bond donors (Lipinski definition) is 2. The van der Waals surface area contributed by atoms with Crippen LogP contribution in [-0.4, -0.2) is 97.0 Å². The molecule has 0 aliphatic carbocycles. The number of anilines is 1. The maximum Gasteiger partial charge on any atom is 0.272 e. The van der Waals surface area contributed by atoms with Gasteiger partial charge in [0.05, 0.1) is 29.9 Å². The number of likely N-dealkylation sites (N-methyl/N-ethyl adjacent to an activating group) is 1. The number of hydrogen-bond acceptors (Lipinski definition) is 6. The Morgan fingerprint density at radius 3 is 2.32 bits per heavy atom. The number of aromatic nitrogens is 1. The van der Waals surface area contributed by atoms with Gasteiger partial charge in [0.2, 0.25) is 5.91 Å². The third-order valence-corrected chi connectivity index (χ3v) is 9.13. The van der Waals surface area contributed by atoms with Gasteiger partial charge in [-0.25, -0.2) is 0 Å². The third kappa shape index (κ3) is 6.19. The number of likely N-dealkylation sites (tertiary alicyclic amines) is 1. The quantitative estimate of drug-likeness (QED) is 0.427. The molecule has 2 N–H and O–H groups in total. The molecule has 0 saturated carbocycles. The molecule has 0 bridgehead atoms. The molecule has 3 heterocycles. The molecule has 2 fully saturated rings. The van der Waals surface area contributed by atoms with Crippen LogP contribution in [0.25, 0.3) is 10.9 Å². The van der Waals surface area contributed by atoms with Crippen LogP contribution in [0, 0.1) is 0 Å². The summed E-state index contributed by atoms with van der Waals surface area (Å²) in [4.78, 5) is 46.2. The molecule has 1 aromatic heterocycles. The Balaban J connectivity index is 1.36. The van der Waals surface area contributed by atoms with Crippen LogP contribution in [0.15, 0.2) is 36.4 Å². The van der Waals surface area contributed by atoms with Gasteiger partial charge >= 0.3 is 0 Å². The molecule has 2 aliphatic rings. The molecule has 2 aliphatic heterocycles. The minimum atomic E-state index is -0.286. The number of carbonyl (C=O) groups excluding carboxylic acids is 3. The SMILES string of the molecule is CNC(=O)c1cc(C(C)(C)C)cc(NC(=O)c2cc3cccc(CN4CCN(C(=O)[C@@H]5CCCN5C)CC4)c3n2C)c1OC. The van der Waals surface area contributed by atoms with Crippen LogP contribution in [-0.2, 0) is 23.8 Å². The van der Waals surface area contributed by atoms with E-state index < -0.39 is 0 Å². The van der Waals surface area contributed by atoms with Crippen molar-refractivity contribution in [3.05, 3.63) is 58.8 Å². The topological polar surface area (TPSA) is 99.1 Å². The molecule has 2 aromatic carbocycles. The fourth-order valence-corrected chi connectivity index (χ4v) is 6.51. The predicted octanol–water partition coefficient (Wildman–Crippen LogP) is 3.83. The molecule has 5 rings (SSSR count). The van der Waals surface area contributed by atoms with Gasteiger partial charge in [0.15, 0.2) is 5.75 Å². The van der Waals surface area contributed by atoms with Crippen molar-refractivity contribution >= 4 is 34.3 Å². The van der Waals surface area contributed by atoms with Crippen molar-refractivity contribution in [2.75, 3.05) is 59.2 Å². The maximum atomic E-state index is 13.8. The Morgan fingerprint density at radius 2 is 1.70 bits per heavy atom. The molecule has 10 heteroatoms. The average Bonchev–Trinajstić information content (AvgIpc) is 3.59. The standard InChI is InChI=1S/C34H46N6O4/c1-34(2,3)24-19-25(31(41)35-4)30(44-7)26(20-24)36-32(42)28-18-22-10-8-11-23(29(22)38(28)6)21-39-14-16-40(17-15-39)33(43)27-12-9-13-37(27)5/h8,10-11,18-20,27H,9,12-17,21H2,1-7H3,(H,35,41)(H,36,42)/t27-/m0/s1. The summed E-state index contributed by atoms with van der Waals surface area (Å²) in [6.07, 6.45) is 2.03.